The van der Waals surface area contributed by atoms with E-state index in [1.165, 1.54) is 17.7 Å². The van der Waals surface area contributed by atoms with Gasteiger partial charge >= 0.3 is 5.97 Å². The van der Waals surface area contributed by atoms with Crippen LogP contribution in [0.1, 0.15) is 11.3 Å². The van der Waals surface area contributed by atoms with Crippen molar-refractivity contribution in [3.05, 3.63) is 51.9 Å². The van der Waals surface area contributed by atoms with Crippen molar-refractivity contribution in [3.8, 4) is 5.75 Å². The second-order valence-corrected chi connectivity index (χ2v) is 5.21. The van der Waals surface area contributed by atoms with Gasteiger partial charge in [-0.3, -0.25) is 14.7 Å². The Morgan fingerprint density at radius 2 is 2.08 bits per heavy atom. The van der Waals surface area contributed by atoms with Gasteiger partial charge in [0, 0.05) is 18.2 Å². The van der Waals surface area contributed by atoms with Crippen molar-refractivity contribution in [2.75, 3.05) is 19.5 Å². The van der Waals surface area contributed by atoms with Gasteiger partial charge in [-0.2, -0.15) is 9.50 Å². The van der Waals surface area contributed by atoms with Gasteiger partial charge in [0.05, 0.1) is 26.3 Å². The summed E-state index contributed by atoms with van der Waals surface area (Å²) in [4.78, 5) is 31.9. The normalized spacial score (nSPS) is 10.6. The summed E-state index contributed by atoms with van der Waals surface area (Å²) in [5.41, 5.74) is 0.888. The molecule has 25 heavy (non-hydrogen) atoms. The number of carbonyl (C=O) groups excluding carboxylic acids is 1. The van der Waals surface area contributed by atoms with Gasteiger partial charge in [-0.05, 0) is 6.07 Å². The molecular formula is C16H17N5O4. The summed E-state index contributed by atoms with van der Waals surface area (Å²) in [6.45, 7) is 0.452. The van der Waals surface area contributed by atoms with Crippen LogP contribution >= 0.6 is 0 Å². The lowest BCUT2D eigenvalue weighted by atomic mass is 10.2. The number of nitrogens with zero attached hydrogens (tertiary/aromatic N) is 3. The van der Waals surface area contributed by atoms with Crippen molar-refractivity contribution in [2.45, 2.75) is 13.0 Å². The van der Waals surface area contributed by atoms with Crippen LogP contribution in [0.15, 0.2) is 35.1 Å². The molecule has 0 aliphatic carbocycles. The van der Waals surface area contributed by atoms with Crippen molar-refractivity contribution in [1.82, 2.24) is 19.6 Å². The van der Waals surface area contributed by atoms with Gasteiger partial charge in [-0.1, -0.05) is 18.2 Å². The van der Waals surface area contributed by atoms with E-state index < -0.39 is 5.97 Å². The molecule has 0 saturated carbocycles. The number of anilines is 1. The number of methoxy groups -OCH3 is 2. The van der Waals surface area contributed by atoms with Crippen LogP contribution in [0.2, 0.25) is 0 Å². The summed E-state index contributed by atoms with van der Waals surface area (Å²) in [7, 11) is 2.88. The maximum absolute atomic E-state index is 12.1. The van der Waals surface area contributed by atoms with Gasteiger partial charge < -0.3 is 14.8 Å². The third-order valence-corrected chi connectivity index (χ3v) is 3.58. The van der Waals surface area contributed by atoms with Crippen LogP contribution in [-0.2, 0) is 22.5 Å². The first-order valence-electron chi connectivity index (χ1n) is 7.52. The Balaban J connectivity index is 1.82. The predicted octanol–water partition coefficient (Wildman–Crippen LogP) is 0.754. The first kappa shape index (κ1) is 16.5. The molecule has 130 valence electrons. The molecule has 0 spiro atoms. The molecule has 0 atom stereocenters. The van der Waals surface area contributed by atoms with E-state index in [-0.39, 0.29) is 17.8 Å². The van der Waals surface area contributed by atoms with Gasteiger partial charge in [-0.15, -0.1) is 0 Å². The fraction of sp³-hybridized carbons (Fsp3) is 0.250. The number of rotatable bonds is 6. The molecule has 2 N–H and O–H groups in total. The van der Waals surface area contributed by atoms with Gasteiger partial charge in [0.1, 0.15) is 5.75 Å². The number of aromatic nitrogens is 4. The summed E-state index contributed by atoms with van der Waals surface area (Å²) in [6, 6.07) is 8.85. The lowest BCUT2D eigenvalue weighted by Gasteiger charge is -2.08. The Hall–Kier alpha value is -3.36. The molecular weight excluding hydrogens is 326 g/mol. The zero-order valence-electron chi connectivity index (χ0n) is 13.8. The zero-order valence-corrected chi connectivity index (χ0v) is 13.8. The van der Waals surface area contributed by atoms with Crippen molar-refractivity contribution in [1.29, 1.82) is 0 Å². The van der Waals surface area contributed by atoms with E-state index in [9.17, 15) is 9.59 Å². The van der Waals surface area contributed by atoms with Crippen molar-refractivity contribution in [3.63, 3.8) is 0 Å². The van der Waals surface area contributed by atoms with Gasteiger partial charge in [-0.25, -0.2) is 4.98 Å². The summed E-state index contributed by atoms with van der Waals surface area (Å²) in [5, 5.41) is 5.91. The molecule has 3 aromatic rings. The number of carbonyl (C=O) groups is 1. The van der Waals surface area contributed by atoms with Crippen LogP contribution in [0.25, 0.3) is 5.78 Å². The summed E-state index contributed by atoms with van der Waals surface area (Å²) < 4.78 is 11.1. The van der Waals surface area contributed by atoms with Crippen LogP contribution in [0, 0.1) is 0 Å². The minimum atomic E-state index is -0.471. The maximum Gasteiger partial charge on any atom is 0.311 e. The second-order valence-electron chi connectivity index (χ2n) is 5.21. The number of aromatic amines is 1. The Morgan fingerprint density at radius 3 is 2.84 bits per heavy atom. The first-order valence-corrected chi connectivity index (χ1v) is 7.52. The van der Waals surface area contributed by atoms with E-state index in [4.69, 9.17) is 4.74 Å². The van der Waals surface area contributed by atoms with E-state index >= 15 is 0 Å². The third kappa shape index (κ3) is 3.60. The number of benzene rings is 1. The van der Waals surface area contributed by atoms with E-state index in [0.717, 1.165) is 11.3 Å². The smallest absolute Gasteiger partial charge is 0.311 e. The molecule has 0 amide bonds. The highest BCUT2D eigenvalue weighted by atomic mass is 16.5. The van der Waals surface area contributed by atoms with Crippen molar-refractivity contribution >= 4 is 17.7 Å². The number of nitrogens with one attached hydrogen (secondary N) is 2. The number of ether oxygens (including phenoxy) is 2. The predicted molar refractivity (Wildman–Crippen MR) is 89.6 cm³/mol. The van der Waals surface area contributed by atoms with Crippen molar-refractivity contribution in [2.24, 2.45) is 0 Å². The van der Waals surface area contributed by atoms with Gasteiger partial charge in [0.15, 0.2) is 0 Å². The Labute approximate surface area is 142 Å². The van der Waals surface area contributed by atoms with Crippen LogP contribution in [0.4, 0.5) is 5.95 Å². The average molecular weight is 343 g/mol. The van der Waals surface area contributed by atoms with Crippen LogP contribution in [0.3, 0.4) is 0 Å². The fourth-order valence-corrected chi connectivity index (χ4v) is 2.34. The highest BCUT2D eigenvalue weighted by Gasteiger charge is 2.11. The van der Waals surface area contributed by atoms with Crippen LogP contribution < -0.4 is 15.6 Å². The number of hydrogen-bond donors (Lipinski definition) is 2. The maximum atomic E-state index is 12.1. The van der Waals surface area contributed by atoms with Gasteiger partial charge in [0.25, 0.3) is 11.3 Å². The Bertz CT molecular complexity index is 963. The van der Waals surface area contributed by atoms with Crippen LogP contribution in [-0.4, -0.2) is 39.8 Å². The molecule has 0 aliphatic rings. The lowest BCUT2D eigenvalue weighted by Crippen LogP contribution is -2.17. The second kappa shape index (κ2) is 7.04. The minimum absolute atomic E-state index is 0.0842. The highest BCUT2D eigenvalue weighted by Crippen LogP contribution is 2.18. The average Bonchev–Trinajstić information content (AvgIpc) is 3.03. The summed E-state index contributed by atoms with van der Waals surface area (Å²) in [6.07, 6.45) is -0.0842. The molecule has 9 heteroatoms. The van der Waals surface area contributed by atoms with E-state index in [2.05, 4.69) is 25.1 Å². The SMILES string of the molecule is COC(=O)Cc1cc(=O)n2[nH]c(NCc3ccccc3OC)nc2n1. The first-order chi connectivity index (χ1) is 12.1. The summed E-state index contributed by atoms with van der Waals surface area (Å²) in [5.74, 6) is 0.836. The number of esters is 1. The molecule has 3 rings (SSSR count). The number of para-hydroxylation sites is 1. The standard InChI is InChI=1S/C16H17N5O4/c1-24-12-6-4-3-5-10(12)9-17-15-19-16-18-11(8-14(23)25-2)7-13(22)21(16)20-15/h3-7H,8-9H2,1-2H3,(H2,17,18,19,20). The topological polar surface area (TPSA) is 111 Å². The molecule has 2 aromatic heterocycles. The third-order valence-electron chi connectivity index (χ3n) is 3.58. The fourth-order valence-electron chi connectivity index (χ4n) is 2.34. The van der Waals surface area contributed by atoms with Gasteiger partial charge in [0.2, 0.25) is 5.95 Å². The molecule has 0 unspecified atom stereocenters. The molecule has 1 aromatic carbocycles. The number of H-pyrrole nitrogens is 1. The quantitative estimate of drug-likeness (QED) is 0.636. The Morgan fingerprint density at radius 1 is 1.28 bits per heavy atom. The summed E-state index contributed by atoms with van der Waals surface area (Å²) >= 11 is 0. The van der Waals surface area contributed by atoms with E-state index in [1.54, 1.807) is 7.11 Å². The number of fused-ring (bicyclic) bond motifs is 1. The monoisotopic (exact) mass is 343 g/mol. The molecule has 0 saturated heterocycles. The molecule has 0 bridgehead atoms. The largest absolute Gasteiger partial charge is 0.496 e. The van der Waals surface area contributed by atoms with Crippen LogP contribution in [0.5, 0.6) is 5.75 Å². The van der Waals surface area contributed by atoms with E-state index in [0.29, 0.717) is 18.2 Å². The van der Waals surface area contributed by atoms with E-state index in [1.807, 2.05) is 24.3 Å². The Kier molecular flexibility index (Phi) is 4.64. The number of hydrogen-bond acceptors (Lipinski definition) is 7. The van der Waals surface area contributed by atoms with Crippen molar-refractivity contribution < 1.29 is 14.3 Å². The lowest BCUT2D eigenvalue weighted by molar-refractivity contribution is -0.139. The molecule has 0 aliphatic heterocycles. The highest BCUT2D eigenvalue weighted by molar-refractivity contribution is 5.71. The molecule has 9 nitrogen and oxygen atoms in total. The molecule has 2 heterocycles. The molecule has 0 radical (unpaired) electrons. The zero-order chi connectivity index (χ0) is 17.8. The molecule has 0 fully saturated rings. The minimum Gasteiger partial charge on any atom is -0.496 e.